The van der Waals surface area contributed by atoms with Crippen molar-refractivity contribution in [1.29, 1.82) is 0 Å². The van der Waals surface area contributed by atoms with Gasteiger partial charge in [0.1, 0.15) is 35.1 Å². The molecule has 16 heteroatoms. The van der Waals surface area contributed by atoms with Crippen LogP contribution in [0.2, 0.25) is 0 Å². The van der Waals surface area contributed by atoms with Gasteiger partial charge in [0.05, 0.1) is 24.6 Å². The van der Waals surface area contributed by atoms with E-state index in [1.807, 2.05) is 48.5 Å². The summed E-state index contributed by atoms with van der Waals surface area (Å²) < 4.78 is 51.5. The molecule has 5 atom stereocenters. The quantitative estimate of drug-likeness (QED) is 0.295. The predicted octanol–water partition coefficient (Wildman–Crippen LogP) is 4.23. The molecule has 0 spiro atoms. The van der Waals surface area contributed by atoms with Gasteiger partial charge >= 0.3 is 6.09 Å². The van der Waals surface area contributed by atoms with E-state index in [0.29, 0.717) is 68.0 Å². The van der Waals surface area contributed by atoms with Crippen LogP contribution in [0.3, 0.4) is 0 Å². The fourth-order valence-electron chi connectivity index (χ4n) is 7.69. The maximum absolute atomic E-state index is 14.6. The molecule has 4 fully saturated rings. The zero-order chi connectivity index (χ0) is 40.5. The Hall–Kier alpha value is -4.96. The van der Waals surface area contributed by atoms with Gasteiger partial charge in [0.15, 0.2) is 0 Å². The van der Waals surface area contributed by atoms with Crippen molar-refractivity contribution in [2.24, 2.45) is 5.92 Å². The van der Waals surface area contributed by atoms with Crippen LogP contribution in [-0.4, -0.2) is 104 Å². The van der Waals surface area contributed by atoms with Crippen molar-refractivity contribution < 1.29 is 46.5 Å². The van der Waals surface area contributed by atoms with Crippen molar-refractivity contribution in [1.82, 2.24) is 25.2 Å². The number of methoxy groups -OCH3 is 1. The van der Waals surface area contributed by atoms with Crippen molar-refractivity contribution in [2.75, 3.05) is 26.9 Å². The van der Waals surface area contributed by atoms with Crippen LogP contribution in [0.15, 0.2) is 54.6 Å². The summed E-state index contributed by atoms with van der Waals surface area (Å²) in [5, 5.41) is 6.48. The highest BCUT2D eigenvalue weighted by molar-refractivity contribution is 7.91. The second-order valence-corrected chi connectivity index (χ2v) is 18.3. The summed E-state index contributed by atoms with van der Waals surface area (Å²) in [6, 6.07) is 14.8. The molecule has 2 saturated heterocycles. The fourth-order valence-corrected chi connectivity index (χ4v) is 9.06. The maximum Gasteiger partial charge on any atom is 0.408 e. The van der Waals surface area contributed by atoms with Crippen LogP contribution >= 0.6 is 0 Å². The minimum Gasteiger partial charge on any atom is -0.497 e. The first-order valence-electron chi connectivity index (χ1n) is 19.6. The van der Waals surface area contributed by atoms with Crippen LogP contribution in [-0.2, 0) is 33.9 Å². The Balaban J connectivity index is 1.22. The summed E-state index contributed by atoms with van der Waals surface area (Å²) in [6.45, 7) is 5.78. The summed E-state index contributed by atoms with van der Waals surface area (Å²) in [4.78, 5) is 62.2. The van der Waals surface area contributed by atoms with Crippen LogP contribution in [0, 0.1) is 5.92 Å². The van der Waals surface area contributed by atoms with Gasteiger partial charge in [-0.3, -0.25) is 19.1 Å². The Morgan fingerprint density at radius 3 is 2.44 bits per heavy atom. The zero-order valence-corrected chi connectivity index (χ0v) is 33.6. The summed E-state index contributed by atoms with van der Waals surface area (Å²) in [5.74, 6) is -1.35. The molecule has 3 heterocycles. The summed E-state index contributed by atoms with van der Waals surface area (Å²) >= 11 is 0. The third-order valence-corrected chi connectivity index (χ3v) is 12.7. The van der Waals surface area contributed by atoms with Crippen molar-refractivity contribution in [3.05, 3.63) is 54.6 Å². The van der Waals surface area contributed by atoms with Gasteiger partial charge in [-0.2, -0.15) is 0 Å². The van der Waals surface area contributed by atoms with E-state index in [1.54, 1.807) is 33.9 Å². The number of alkyl carbamates (subject to hydrolysis) is 1. The first-order chi connectivity index (χ1) is 27.2. The molecule has 4 amide bonds. The highest BCUT2D eigenvalue weighted by Gasteiger charge is 2.62. The molecular weight excluding hydrogens is 755 g/mol. The lowest BCUT2D eigenvalue weighted by molar-refractivity contribution is -0.141. The maximum atomic E-state index is 14.6. The molecule has 2 aromatic carbocycles. The van der Waals surface area contributed by atoms with Crippen LogP contribution < -0.4 is 24.8 Å². The SMILES string of the molecule is COc1ccc2c(O[C@@H]3C[C@H]4C(=O)N[C@]5(C(=O)NS(=O)(=O)C6CC6)C[C@H]5CCCOCCC[C@H](NC(=O)OC(C)(C)C)C(=O)N4C3)nc(-c3ccccc3)cc2c1. The number of ether oxygens (including phenoxy) is 4. The molecular formula is C41H51N5O10S. The first kappa shape index (κ1) is 40.2. The molecule has 57 heavy (non-hydrogen) atoms. The Labute approximate surface area is 332 Å². The van der Waals surface area contributed by atoms with Gasteiger partial charge in [-0.15, -0.1) is 0 Å². The van der Waals surface area contributed by atoms with E-state index in [9.17, 15) is 27.6 Å². The molecule has 2 saturated carbocycles. The number of amides is 4. The second kappa shape index (κ2) is 16.1. The number of carbonyl (C=O) groups is 4. The van der Waals surface area contributed by atoms with Crippen molar-refractivity contribution in [3.63, 3.8) is 0 Å². The standard InChI is InChI=1S/C41H51N5O10S/c1-40(2,3)56-39(50)43-32-13-9-19-54-18-8-12-27-23-41(27,38(49)45-57(51,52)30-15-16-30)44-35(47)34-22-29(24-46(34)37(32)48)55-36-31-17-14-28(53-4)20-26(31)21-33(42-36)25-10-6-5-7-11-25/h5-7,10-11,14,17,20-21,27,29-30,32,34H,8-9,12-13,15-16,18-19,22-24H2,1-4H3,(H,43,50)(H,44,47)(H,45,49)/t27-,29-,32+,34+,41-/m1/s1. The Morgan fingerprint density at radius 1 is 1.00 bits per heavy atom. The molecule has 3 N–H and O–H groups in total. The number of nitrogens with one attached hydrogen (secondary N) is 3. The Kier molecular flexibility index (Phi) is 11.4. The molecule has 2 aliphatic heterocycles. The molecule has 4 aliphatic rings. The van der Waals surface area contributed by atoms with E-state index in [-0.39, 0.29) is 31.7 Å². The summed E-state index contributed by atoms with van der Waals surface area (Å²) in [6.07, 6.45) is 1.38. The van der Waals surface area contributed by atoms with E-state index in [4.69, 9.17) is 23.9 Å². The smallest absolute Gasteiger partial charge is 0.408 e. The average Bonchev–Trinajstić information content (AvgIpc) is 4.09. The molecule has 2 aliphatic carbocycles. The third kappa shape index (κ3) is 9.27. The largest absolute Gasteiger partial charge is 0.497 e. The van der Waals surface area contributed by atoms with E-state index in [0.717, 1.165) is 10.9 Å². The molecule has 306 valence electrons. The number of benzene rings is 2. The van der Waals surface area contributed by atoms with Gasteiger partial charge < -0.3 is 34.5 Å². The molecule has 0 radical (unpaired) electrons. The van der Waals surface area contributed by atoms with E-state index in [1.165, 1.54) is 4.90 Å². The van der Waals surface area contributed by atoms with E-state index in [2.05, 4.69) is 15.4 Å². The monoisotopic (exact) mass is 805 g/mol. The van der Waals surface area contributed by atoms with Crippen LogP contribution in [0.5, 0.6) is 11.6 Å². The minimum atomic E-state index is -3.91. The van der Waals surface area contributed by atoms with E-state index < -0.39 is 68.4 Å². The van der Waals surface area contributed by atoms with Crippen LogP contribution in [0.4, 0.5) is 4.79 Å². The number of hydrogen-bond acceptors (Lipinski definition) is 11. The predicted molar refractivity (Wildman–Crippen MR) is 210 cm³/mol. The fraction of sp³-hybridized carbons (Fsp3) is 0.537. The Bertz CT molecular complexity index is 2120. The van der Waals surface area contributed by atoms with Gasteiger partial charge in [-0.05, 0) is 101 Å². The second-order valence-electron chi connectivity index (χ2n) is 16.4. The molecule has 0 unspecified atom stereocenters. The van der Waals surface area contributed by atoms with Gasteiger partial charge in [-0.1, -0.05) is 30.3 Å². The molecule has 7 rings (SSSR count). The highest BCUT2D eigenvalue weighted by Crippen LogP contribution is 2.48. The molecule has 15 nitrogen and oxygen atoms in total. The third-order valence-electron chi connectivity index (χ3n) is 10.9. The average molecular weight is 806 g/mol. The van der Waals surface area contributed by atoms with Gasteiger partial charge in [0.2, 0.25) is 27.7 Å². The number of pyridine rings is 1. The van der Waals surface area contributed by atoms with Crippen molar-refractivity contribution in [3.8, 4) is 22.9 Å². The van der Waals surface area contributed by atoms with Crippen LogP contribution in [0.1, 0.15) is 72.1 Å². The topological polar surface area (TPSA) is 192 Å². The van der Waals surface area contributed by atoms with Gasteiger partial charge in [-0.25, -0.2) is 18.2 Å². The lowest BCUT2D eigenvalue weighted by Gasteiger charge is -2.30. The van der Waals surface area contributed by atoms with Gasteiger partial charge in [0.25, 0.3) is 5.91 Å². The number of rotatable bonds is 8. The number of aromatic nitrogens is 1. The number of sulfonamides is 1. The number of fused-ring (bicyclic) bond motifs is 3. The summed E-state index contributed by atoms with van der Waals surface area (Å²) in [7, 11) is -2.32. The number of hydrogen-bond donors (Lipinski definition) is 3. The van der Waals surface area contributed by atoms with Crippen LogP contribution in [0.25, 0.3) is 22.0 Å². The lowest BCUT2D eigenvalue weighted by atomic mass is 10.1. The lowest BCUT2D eigenvalue weighted by Crippen LogP contribution is -2.58. The van der Waals surface area contributed by atoms with E-state index >= 15 is 0 Å². The van der Waals surface area contributed by atoms with Gasteiger partial charge in [0, 0.05) is 30.6 Å². The first-order valence-corrected chi connectivity index (χ1v) is 21.2. The van der Waals surface area contributed by atoms with Crippen molar-refractivity contribution >= 4 is 44.6 Å². The molecule has 3 aromatic rings. The highest BCUT2D eigenvalue weighted by atomic mass is 32.2. The number of carbonyl (C=O) groups excluding carboxylic acids is 4. The summed E-state index contributed by atoms with van der Waals surface area (Å²) in [5.41, 5.74) is -0.818. The molecule has 1 aromatic heterocycles. The van der Waals surface area contributed by atoms with Crippen molar-refractivity contribution in [2.45, 2.75) is 107 Å². The zero-order valence-electron chi connectivity index (χ0n) is 32.7. The normalized spacial score (nSPS) is 25.9. The Morgan fingerprint density at radius 2 is 1.74 bits per heavy atom. The minimum absolute atomic E-state index is 0.0253. The number of nitrogens with zero attached hydrogens (tertiary/aromatic N) is 2. The molecule has 0 bridgehead atoms.